The molecule has 0 saturated carbocycles. The third kappa shape index (κ3) is 7.23. The molecule has 17 nitrogen and oxygen atoms in total. The van der Waals surface area contributed by atoms with Crippen LogP contribution < -0.4 is 16.8 Å². The van der Waals surface area contributed by atoms with Crippen LogP contribution in [0.3, 0.4) is 0 Å². The van der Waals surface area contributed by atoms with Gasteiger partial charge in [-0.25, -0.2) is 24.5 Å². The van der Waals surface area contributed by atoms with Crippen molar-refractivity contribution in [3.05, 3.63) is 70.5 Å². The zero-order valence-corrected chi connectivity index (χ0v) is 26.2. The normalized spacial score (nSPS) is 18.4. The van der Waals surface area contributed by atoms with Crippen LogP contribution in [0.4, 0.5) is 10.9 Å². The number of nitrogens with one attached hydrogen (secondary N) is 1. The molecule has 9 N–H and O–H groups in total. The largest absolute Gasteiger partial charge is 0.504 e. The van der Waals surface area contributed by atoms with Crippen LogP contribution in [-0.4, -0.2) is 92.7 Å². The van der Waals surface area contributed by atoms with Crippen molar-refractivity contribution < 1.29 is 44.4 Å². The van der Waals surface area contributed by atoms with E-state index in [1.165, 1.54) is 41.2 Å². The smallest absolute Gasteiger partial charge is 0.352 e. The molecule has 4 heterocycles. The number of oxime groups is 1. The maximum Gasteiger partial charge on any atom is 0.352 e. The van der Waals surface area contributed by atoms with Crippen LogP contribution in [0.1, 0.15) is 17.4 Å². The van der Waals surface area contributed by atoms with Crippen LogP contribution in [0.15, 0.2) is 69.6 Å². The number of nitrogen functional groups attached to an aromatic ring is 2. The number of carboxylic acids is 2. The van der Waals surface area contributed by atoms with E-state index in [4.69, 9.17) is 16.3 Å². The number of nitrogens with zero attached hydrogens (tertiary/aromatic N) is 5. The molecule has 0 unspecified atom stereocenters. The lowest BCUT2D eigenvalue weighted by Gasteiger charge is -2.49. The number of thiazole rings is 1. The second-order valence-electron chi connectivity index (χ2n) is 9.60. The van der Waals surface area contributed by atoms with Gasteiger partial charge in [0.15, 0.2) is 27.5 Å². The molecule has 2 aliphatic rings. The van der Waals surface area contributed by atoms with Gasteiger partial charge in [0, 0.05) is 28.6 Å². The summed E-state index contributed by atoms with van der Waals surface area (Å²) >= 11 is 3.47. The zero-order valence-electron chi connectivity index (χ0n) is 23.7. The number of carbonyl (C=O) groups excluding carboxylic acids is 2. The number of allylic oxidation sites excluding steroid dienone is 1. The van der Waals surface area contributed by atoms with Crippen molar-refractivity contribution in [2.24, 2.45) is 5.16 Å². The van der Waals surface area contributed by atoms with Crippen molar-refractivity contribution in [1.82, 2.24) is 25.2 Å². The molecule has 0 spiro atoms. The first-order chi connectivity index (χ1) is 22.4. The summed E-state index contributed by atoms with van der Waals surface area (Å²) in [5, 5.41) is 46.4. The molecule has 0 bridgehead atoms. The van der Waals surface area contributed by atoms with E-state index < -0.39 is 58.5 Å². The molecule has 244 valence electrons. The number of fused-ring (bicyclic) bond motifs is 1. The van der Waals surface area contributed by atoms with Crippen LogP contribution in [0, 0.1) is 0 Å². The Balaban J connectivity index is 1.32. The van der Waals surface area contributed by atoms with Gasteiger partial charge in [0.25, 0.3) is 11.8 Å². The molecule has 1 saturated heterocycles. The third-order valence-electron chi connectivity index (χ3n) is 6.53. The van der Waals surface area contributed by atoms with Crippen molar-refractivity contribution in [2.75, 3.05) is 23.0 Å². The van der Waals surface area contributed by atoms with Gasteiger partial charge in [-0.15, -0.1) is 23.1 Å². The van der Waals surface area contributed by atoms with Crippen LogP contribution in [-0.2, 0) is 24.0 Å². The number of benzene rings is 1. The van der Waals surface area contributed by atoms with Crippen LogP contribution in [0.2, 0.25) is 0 Å². The van der Waals surface area contributed by atoms with Gasteiger partial charge in [-0.05, 0) is 23.8 Å². The first-order valence-electron chi connectivity index (χ1n) is 13.2. The number of rotatable bonds is 12. The topological polar surface area (TPSA) is 277 Å². The number of aromatic hydroxyl groups is 2. The number of amides is 2. The highest BCUT2D eigenvalue weighted by atomic mass is 32.2. The summed E-state index contributed by atoms with van der Waals surface area (Å²) in [5.41, 5.74) is 10.8. The van der Waals surface area contributed by atoms with Crippen molar-refractivity contribution in [3.63, 3.8) is 0 Å². The number of β-lactam (4-membered cyclic amide) rings is 1. The predicted molar refractivity (Wildman–Crippen MR) is 170 cm³/mol. The minimum absolute atomic E-state index is 0.0584. The quantitative estimate of drug-likeness (QED) is 0.0348. The lowest BCUT2D eigenvalue weighted by Crippen LogP contribution is -2.71. The van der Waals surface area contributed by atoms with Gasteiger partial charge in [-0.1, -0.05) is 35.1 Å². The van der Waals surface area contributed by atoms with Crippen LogP contribution >= 0.6 is 34.9 Å². The summed E-state index contributed by atoms with van der Waals surface area (Å²) in [5.74, 6) is -4.69. The molecule has 1 aromatic carbocycles. The Labute approximate surface area is 277 Å². The fraction of sp³-hybridized carbons (Fsp3) is 0.185. The molecule has 20 heteroatoms. The van der Waals surface area contributed by atoms with E-state index in [9.17, 15) is 39.6 Å². The summed E-state index contributed by atoms with van der Waals surface area (Å²) in [6, 6.07) is 3.58. The van der Waals surface area contributed by atoms with Gasteiger partial charge in [-0.2, -0.15) is 0 Å². The summed E-state index contributed by atoms with van der Waals surface area (Å²) in [6.45, 7) is 0. The van der Waals surface area contributed by atoms with E-state index in [1.807, 2.05) is 0 Å². The Morgan fingerprint density at radius 1 is 1.19 bits per heavy atom. The minimum atomic E-state index is -1.82. The molecule has 3 aromatic rings. The maximum atomic E-state index is 13.4. The molecule has 0 aliphatic carbocycles. The fourth-order valence-electron chi connectivity index (χ4n) is 4.38. The maximum absolute atomic E-state index is 13.4. The SMILES string of the molecule is Nc1ccnc(SC/C=C/C2=C(C(=O)O)N3C(=O)[C@@H](NC(=O)/C(=N\O[C@H](C(=O)O)c4ccc(O)c(O)c4)c4csc(N)n4)[C@H]3SC2)n1. The Morgan fingerprint density at radius 2 is 1.98 bits per heavy atom. The number of phenolic OH excluding ortho intramolecular Hbond substituents is 2. The number of thioether (sulfide) groups is 2. The zero-order chi connectivity index (χ0) is 33.8. The molecular weight excluding hydrogens is 677 g/mol. The van der Waals surface area contributed by atoms with Gasteiger partial charge >= 0.3 is 11.9 Å². The highest BCUT2D eigenvalue weighted by Crippen LogP contribution is 2.41. The summed E-state index contributed by atoms with van der Waals surface area (Å²) in [7, 11) is 0. The number of hydrogen-bond acceptors (Lipinski definition) is 16. The number of carboxylic acid groups (broad SMARTS) is 2. The van der Waals surface area contributed by atoms with Gasteiger partial charge in [0.1, 0.15) is 28.6 Å². The molecular formula is C27H24N8O9S3. The first kappa shape index (κ1) is 33.0. The summed E-state index contributed by atoms with van der Waals surface area (Å²) in [6.07, 6.45) is 3.02. The van der Waals surface area contributed by atoms with Crippen LogP contribution in [0.25, 0.3) is 0 Å². The Bertz CT molecular complexity index is 1850. The Kier molecular flexibility index (Phi) is 9.82. The molecule has 1 fully saturated rings. The second kappa shape index (κ2) is 14.0. The number of carbonyl (C=O) groups is 4. The average Bonchev–Trinajstić information content (AvgIpc) is 3.46. The molecule has 3 atom stereocenters. The minimum Gasteiger partial charge on any atom is -0.504 e. The molecule has 2 aliphatic heterocycles. The van der Waals surface area contributed by atoms with E-state index in [0.29, 0.717) is 22.3 Å². The fourth-order valence-corrected chi connectivity index (χ4v) is 6.89. The van der Waals surface area contributed by atoms with Crippen molar-refractivity contribution >= 4 is 75.3 Å². The summed E-state index contributed by atoms with van der Waals surface area (Å²) in [4.78, 5) is 69.3. The summed E-state index contributed by atoms with van der Waals surface area (Å²) < 4.78 is 0. The molecule has 2 aromatic heterocycles. The third-order valence-corrected chi connectivity index (χ3v) is 9.32. The number of aliphatic carboxylic acids is 2. The van der Waals surface area contributed by atoms with E-state index in [2.05, 4.69) is 25.4 Å². The van der Waals surface area contributed by atoms with Gasteiger partial charge < -0.3 is 42.0 Å². The van der Waals surface area contributed by atoms with Crippen LogP contribution in [0.5, 0.6) is 11.5 Å². The Morgan fingerprint density at radius 3 is 2.64 bits per heavy atom. The molecule has 47 heavy (non-hydrogen) atoms. The standard InChI is InChI=1S/C27H24N8O9S3/c28-16-5-6-30-27(32-16)45-7-1-2-12-9-46-23-18(22(39)35(23)19(12)24(40)41)33-21(38)17(13-10-47-26(29)31-13)34-44-20(25(42)43)11-3-4-14(36)15(37)8-11/h1-6,8,10,18,20,23,36-37H,7,9H2,(H2,29,31)(H,33,38)(H,40,41)(H,42,43)(H2,28,30,32)/b2-1+,34-17-/t18-,20+,23-/m1/s1. The van der Waals surface area contributed by atoms with Gasteiger partial charge in [0.2, 0.25) is 6.10 Å². The Hall–Kier alpha value is -5.34. The van der Waals surface area contributed by atoms with Crippen molar-refractivity contribution in [3.8, 4) is 11.5 Å². The molecule has 2 amide bonds. The lowest BCUT2D eigenvalue weighted by atomic mass is 10.0. The van der Waals surface area contributed by atoms with E-state index in [-0.39, 0.29) is 27.8 Å². The van der Waals surface area contributed by atoms with Crippen molar-refractivity contribution in [2.45, 2.75) is 22.7 Å². The van der Waals surface area contributed by atoms with Gasteiger partial charge in [-0.3, -0.25) is 14.5 Å². The van der Waals surface area contributed by atoms with E-state index in [0.717, 1.165) is 28.4 Å². The number of aromatic nitrogens is 3. The average molecular weight is 701 g/mol. The first-order valence-corrected chi connectivity index (χ1v) is 16.2. The highest BCUT2D eigenvalue weighted by Gasteiger charge is 2.54. The molecule has 5 rings (SSSR count). The molecule has 0 radical (unpaired) electrons. The monoisotopic (exact) mass is 700 g/mol. The second-order valence-corrected chi connectivity index (χ2v) is 12.6. The number of nitrogens with two attached hydrogens (primary N) is 2. The van der Waals surface area contributed by atoms with Crippen molar-refractivity contribution in [1.29, 1.82) is 0 Å². The predicted octanol–water partition coefficient (Wildman–Crippen LogP) is 1.14. The number of hydrogen-bond donors (Lipinski definition) is 7. The van der Waals surface area contributed by atoms with E-state index >= 15 is 0 Å². The van der Waals surface area contributed by atoms with Gasteiger partial charge in [0.05, 0.1) is 0 Å². The number of phenols is 2. The number of anilines is 2. The lowest BCUT2D eigenvalue weighted by molar-refractivity contribution is -0.151. The van der Waals surface area contributed by atoms with E-state index in [1.54, 1.807) is 18.2 Å². The highest BCUT2D eigenvalue weighted by molar-refractivity contribution is 8.00.